The van der Waals surface area contributed by atoms with Crippen LogP contribution >= 0.6 is 70.6 Å². The van der Waals surface area contributed by atoms with Crippen LogP contribution in [0.3, 0.4) is 0 Å². The Morgan fingerprint density at radius 1 is 1.00 bits per heavy atom. The maximum Gasteiger partial charge on any atom is 0.0717 e. The molecule has 22 heavy (non-hydrogen) atoms. The van der Waals surface area contributed by atoms with Crippen molar-refractivity contribution in [3.63, 3.8) is 0 Å². The van der Waals surface area contributed by atoms with E-state index in [1.165, 1.54) is 21.9 Å². The predicted octanol–water partition coefficient (Wildman–Crippen LogP) is 6.88. The van der Waals surface area contributed by atoms with Crippen molar-refractivity contribution in [2.24, 2.45) is 0 Å². The molecule has 7 heteroatoms. The summed E-state index contributed by atoms with van der Waals surface area (Å²) in [6.07, 6.45) is 12.3. The molecule has 2 aliphatic rings. The van der Waals surface area contributed by atoms with Gasteiger partial charge in [-0.15, -0.1) is 23.5 Å². The highest BCUT2D eigenvalue weighted by atomic mass is 32.3. The molecule has 1 aromatic heterocycles. The third-order valence-electron chi connectivity index (χ3n) is 2.69. The van der Waals surface area contributed by atoms with Gasteiger partial charge in [0.15, 0.2) is 0 Å². The summed E-state index contributed by atoms with van der Waals surface area (Å²) < 4.78 is 5.68. The zero-order chi connectivity index (χ0) is 15.4. The molecule has 0 radical (unpaired) electrons. The Labute approximate surface area is 156 Å². The molecule has 2 aliphatic heterocycles. The van der Waals surface area contributed by atoms with Crippen LogP contribution in [-0.2, 0) is 0 Å². The maximum absolute atomic E-state index is 4.13. The van der Waals surface area contributed by atoms with Crippen LogP contribution in [0.2, 0.25) is 0 Å². The van der Waals surface area contributed by atoms with Gasteiger partial charge >= 0.3 is 0 Å². The minimum Gasteiger partial charge on any atom is -0.264 e. The van der Waals surface area contributed by atoms with Crippen LogP contribution in [0.15, 0.2) is 57.9 Å². The van der Waals surface area contributed by atoms with Gasteiger partial charge in [0.25, 0.3) is 0 Å². The van der Waals surface area contributed by atoms with E-state index < -0.39 is 0 Å². The van der Waals surface area contributed by atoms with Crippen molar-refractivity contribution in [1.82, 2.24) is 4.98 Å². The van der Waals surface area contributed by atoms with Gasteiger partial charge in [-0.1, -0.05) is 59.2 Å². The molecule has 0 fully saturated rings. The van der Waals surface area contributed by atoms with E-state index in [-0.39, 0.29) is 0 Å². The predicted molar refractivity (Wildman–Crippen MR) is 113 cm³/mol. The van der Waals surface area contributed by atoms with E-state index in [4.69, 9.17) is 0 Å². The van der Waals surface area contributed by atoms with Gasteiger partial charge in [-0.25, -0.2) is 0 Å². The number of hydrogen-bond acceptors (Lipinski definition) is 7. The minimum absolute atomic E-state index is 1.13. The molecule has 114 valence electrons. The first-order valence-electron chi connectivity index (χ1n) is 6.35. The molecule has 0 unspecified atom stereocenters. The van der Waals surface area contributed by atoms with Crippen LogP contribution in [0.1, 0.15) is 5.56 Å². The molecule has 0 aromatic carbocycles. The average molecular weight is 400 g/mol. The lowest BCUT2D eigenvalue weighted by molar-refractivity contribution is 1.32. The lowest BCUT2D eigenvalue weighted by Gasteiger charge is -2.01. The van der Waals surface area contributed by atoms with Gasteiger partial charge < -0.3 is 0 Å². The summed E-state index contributed by atoms with van der Waals surface area (Å²) >= 11 is 11.2. The van der Waals surface area contributed by atoms with E-state index in [9.17, 15) is 0 Å². The molecule has 3 heterocycles. The van der Waals surface area contributed by atoms with Gasteiger partial charge in [0.2, 0.25) is 0 Å². The zero-order valence-corrected chi connectivity index (χ0v) is 16.8. The smallest absolute Gasteiger partial charge is 0.0717 e. The van der Waals surface area contributed by atoms with Gasteiger partial charge in [-0.3, -0.25) is 4.98 Å². The highest BCUT2D eigenvalue weighted by Crippen LogP contribution is 2.61. The number of thioether (sulfide) groups is 6. The molecule has 0 amide bonds. The second-order valence-corrected chi connectivity index (χ2v) is 10.8. The molecule has 0 bridgehead atoms. The first kappa shape index (κ1) is 17.0. The summed E-state index contributed by atoms with van der Waals surface area (Å²) in [7, 11) is 0. The van der Waals surface area contributed by atoms with Crippen molar-refractivity contribution >= 4 is 76.6 Å². The van der Waals surface area contributed by atoms with Crippen LogP contribution in [0.25, 0.3) is 6.08 Å². The fourth-order valence-electron chi connectivity index (χ4n) is 1.69. The monoisotopic (exact) mass is 399 g/mol. The van der Waals surface area contributed by atoms with E-state index in [0.29, 0.717) is 0 Å². The molecule has 3 rings (SSSR count). The largest absolute Gasteiger partial charge is 0.264 e. The van der Waals surface area contributed by atoms with Crippen molar-refractivity contribution in [1.29, 1.82) is 0 Å². The van der Waals surface area contributed by atoms with Crippen LogP contribution < -0.4 is 0 Å². The van der Waals surface area contributed by atoms with Crippen molar-refractivity contribution in [3.8, 4) is 0 Å². The third-order valence-corrected chi connectivity index (χ3v) is 10.8. The summed E-state index contributed by atoms with van der Waals surface area (Å²) in [6.45, 7) is 0. The minimum atomic E-state index is 1.13. The molecule has 1 nitrogen and oxygen atoms in total. The molecule has 0 aliphatic carbocycles. The first-order valence-corrected chi connectivity index (χ1v) is 12.1. The molecular formula is C15H13NS6. The molecule has 1 aromatic rings. The fraction of sp³-hybridized carbons (Fsp3) is 0.133. The van der Waals surface area contributed by atoms with Crippen LogP contribution in [-0.4, -0.2) is 17.5 Å². The summed E-state index contributed by atoms with van der Waals surface area (Å²) in [6, 6.07) is 4.03. The Kier molecular flexibility index (Phi) is 6.47. The van der Waals surface area contributed by atoms with Gasteiger partial charge in [0, 0.05) is 17.3 Å². The Balaban J connectivity index is 1.65. The topological polar surface area (TPSA) is 12.9 Å². The zero-order valence-electron chi connectivity index (χ0n) is 11.9. The standard InChI is InChI=1S/C15H13NS6/c1-17-12-13(18-2)22-15(21-12)14-19-9-11(20-14)6-5-10-4-3-7-16-8-10/h3-9H,1-2H3/b6-5+. The average Bonchev–Trinajstić information content (AvgIpc) is 3.20. The molecule has 0 atom stereocenters. The number of nitrogens with zero attached hydrogens (tertiary/aromatic N) is 1. The number of hydrogen-bond donors (Lipinski definition) is 0. The van der Waals surface area contributed by atoms with Gasteiger partial charge in [0.05, 0.1) is 16.9 Å². The van der Waals surface area contributed by atoms with Crippen molar-refractivity contribution in [2.45, 2.75) is 0 Å². The SMILES string of the molecule is CSC1=C(SC)SC(=C2SC=C(/C=C/c3cccnc3)S2)S1. The highest BCUT2D eigenvalue weighted by Gasteiger charge is 2.25. The molecule has 0 N–H and O–H groups in total. The Morgan fingerprint density at radius 3 is 2.41 bits per heavy atom. The molecule has 0 spiro atoms. The van der Waals surface area contributed by atoms with Crippen LogP contribution in [0.4, 0.5) is 0 Å². The van der Waals surface area contributed by atoms with Crippen molar-refractivity contribution in [2.75, 3.05) is 12.5 Å². The normalized spacial score (nSPS) is 18.7. The second kappa shape index (κ2) is 8.35. The van der Waals surface area contributed by atoms with E-state index in [0.717, 1.165) is 5.56 Å². The maximum atomic E-state index is 4.13. The molecular weight excluding hydrogens is 387 g/mol. The van der Waals surface area contributed by atoms with Gasteiger partial charge in [-0.05, 0) is 35.6 Å². The van der Waals surface area contributed by atoms with E-state index in [2.05, 4.69) is 41.1 Å². The van der Waals surface area contributed by atoms with Crippen molar-refractivity contribution in [3.05, 3.63) is 63.4 Å². The quantitative estimate of drug-likeness (QED) is 0.540. The number of allylic oxidation sites excluding steroid dienone is 1. The molecule has 0 saturated heterocycles. The fourth-order valence-corrected chi connectivity index (χ4v) is 9.17. The van der Waals surface area contributed by atoms with Gasteiger partial charge in [-0.2, -0.15) is 0 Å². The summed E-state index contributed by atoms with van der Waals surface area (Å²) in [5.41, 5.74) is 1.13. The summed E-state index contributed by atoms with van der Waals surface area (Å²) in [5.74, 6) is 0. The summed E-state index contributed by atoms with van der Waals surface area (Å²) in [4.78, 5) is 5.43. The van der Waals surface area contributed by atoms with E-state index in [1.807, 2.05) is 82.8 Å². The van der Waals surface area contributed by atoms with E-state index >= 15 is 0 Å². The van der Waals surface area contributed by atoms with Crippen LogP contribution in [0, 0.1) is 0 Å². The number of aromatic nitrogens is 1. The molecule has 0 saturated carbocycles. The number of rotatable bonds is 4. The Morgan fingerprint density at radius 2 is 1.77 bits per heavy atom. The van der Waals surface area contributed by atoms with Crippen LogP contribution in [0.5, 0.6) is 0 Å². The summed E-state index contributed by atoms with van der Waals surface area (Å²) in [5, 5.41) is 2.23. The highest BCUT2D eigenvalue weighted by molar-refractivity contribution is 8.42. The van der Waals surface area contributed by atoms with E-state index in [1.54, 1.807) is 6.20 Å². The Hall–Kier alpha value is 0.210. The second-order valence-electron chi connectivity index (χ2n) is 4.12. The lowest BCUT2D eigenvalue weighted by atomic mass is 10.2. The lowest BCUT2D eigenvalue weighted by Crippen LogP contribution is -1.73. The van der Waals surface area contributed by atoms with Gasteiger partial charge in [0.1, 0.15) is 0 Å². The third kappa shape index (κ3) is 4.19. The first-order chi connectivity index (χ1) is 10.8. The Bertz CT molecular complexity index is 657. The number of pyridine rings is 1. The van der Waals surface area contributed by atoms with Crippen molar-refractivity contribution < 1.29 is 0 Å².